The Balaban J connectivity index is 1.72. The lowest BCUT2D eigenvalue weighted by atomic mass is 9.99. The number of benzene rings is 1. The Hall–Kier alpha value is -1.16. The Morgan fingerprint density at radius 1 is 1.19 bits per heavy atom. The lowest BCUT2D eigenvalue weighted by molar-refractivity contribution is 0.236. The Kier molecular flexibility index (Phi) is 4.73. The third-order valence-electron chi connectivity index (χ3n) is 4.28. The van der Waals surface area contributed by atoms with Gasteiger partial charge in [0.2, 0.25) is 0 Å². The highest BCUT2D eigenvalue weighted by atomic mass is 32.1. The number of rotatable bonds is 5. The van der Waals surface area contributed by atoms with Crippen molar-refractivity contribution in [1.29, 1.82) is 0 Å². The van der Waals surface area contributed by atoms with Gasteiger partial charge >= 0.3 is 0 Å². The fourth-order valence-corrected chi connectivity index (χ4v) is 4.32. The van der Waals surface area contributed by atoms with Gasteiger partial charge in [0.25, 0.3) is 0 Å². The summed E-state index contributed by atoms with van der Waals surface area (Å²) < 4.78 is 0. The van der Waals surface area contributed by atoms with E-state index in [4.69, 9.17) is 0 Å². The fraction of sp³-hybridized carbons (Fsp3) is 0.444. The molecule has 2 atom stereocenters. The van der Waals surface area contributed by atoms with Gasteiger partial charge in [0.05, 0.1) is 12.6 Å². The van der Waals surface area contributed by atoms with Crippen molar-refractivity contribution in [3.63, 3.8) is 0 Å². The van der Waals surface area contributed by atoms with Crippen molar-refractivity contribution in [1.82, 2.24) is 5.32 Å². The molecular weight excluding hydrogens is 278 g/mol. The molecule has 2 aromatic rings. The van der Waals surface area contributed by atoms with Crippen LogP contribution in [0.25, 0.3) is 0 Å². The number of thiophene rings is 1. The maximum atomic E-state index is 9.68. The number of nitrogens with one attached hydrogen (secondary N) is 1. The largest absolute Gasteiger partial charge is 0.394 e. The third-order valence-corrected chi connectivity index (χ3v) is 5.70. The average Bonchev–Trinajstić information content (AvgIpc) is 2.97. The number of aliphatic hydroxyl groups is 1. The Bertz CT molecular complexity index is 555. The molecule has 0 fully saturated rings. The van der Waals surface area contributed by atoms with Gasteiger partial charge in [-0.25, -0.2) is 0 Å². The predicted molar refractivity (Wildman–Crippen MR) is 88.8 cm³/mol. The van der Waals surface area contributed by atoms with Crippen LogP contribution in [0.3, 0.4) is 0 Å². The van der Waals surface area contributed by atoms with Crippen molar-refractivity contribution in [2.45, 2.75) is 44.7 Å². The van der Waals surface area contributed by atoms with E-state index in [-0.39, 0.29) is 18.7 Å². The van der Waals surface area contributed by atoms with Gasteiger partial charge in [0.15, 0.2) is 0 Å². The van der Waals surface area contributed by atoms with Crippen molar-refractivity contribution >= 4 is 11.3 Å². The van der Waals surface area contributed by atoms with Crippen LogP contribution in [0.4, 0.5) is 0 Å². The monoisotopic (exact) mass is 301 g/mol. The van der Waals surface area contributed by atoms with Crippen LogP contribution in [0.2, 0.25) is 0 Å². The zero-order chi connectivity index (χ0) is 14.7. The first-order chi connectivity index (χ1) is 10.3. The summed E-state index contributed by atoms with van der Waals surface area (Å²) in [5.74, 6) is 0. The first-order valence-electron chi connectivity index (χ1n) is 7.81. The molecule has 3 heteroatoms. The van der Waals surface area contributed by atoms with Gasteiger partial charge < -0.3 is 10.4 Å². The number of aliphatic hydroxyl groups excluding tert-OH is 1. The molecule has 1 unspecified atom stereocenters. The summed E-state index contributed by atoms with van der Waals surface area (Å²) in [4.78, 5) is 2.97. The molecule has 0 saturated heterocycles. The molecule has 1 heterocycles. The van der Waals surface area contributed by atoms with E-state index in [1.165, 1.54) is 30.6 Å². The Morgan fingerprint density at radius 2 is 1.95 bits per heavy atom. The van der Waals surface area contributed by atoms with Crippen molar-refractivity contribution in [2.75, 3.05) is 6.61 Å². The molecule has 1 aromatic carbocycles. The predicted octanol–water partition coefficient (Wildman–Crippen LogP) is 4.01. The van der Waals surface area contributed by atoms with Crippen LogP contribution < -0.4 is 5.32 Å². The van der Waals surface area contributed by atoms with E-state index >= 15 is 0 Å². The Labute approximate surface area is 130 Å². The molecule has 2 N–H and O–H groups in total. The van der Waals surface area contributed by atoms with E-state index in [1.807, 2.05) is 29.5 Å². The minimum absolute atomic E-state index is 0.000304. The van der Waals surface area contributed by atoms with Gasteiger partial charge in [-0.2, -0.15) is 0 Å². The van der Waals surface area contributed by atoms with Gasteiger partial charge in [-0.05, 0) is 49.8 Å². The normalized spacial score (nSPS) is 17.2. The van der Waals surface area contributed by atoms with Crippen LogP contribution in [0, 0.1) is 0 Å². The topological polar surface area (TPSA) is 32.3 Å². The third kappa shape index (κ3) is 3.37. The van der Waals surface area contributed by atoms with Crippen LogP contribution in [-0.4, -0.2) is 11.7 Å². The molecule has 0 amide bonds. The van der Waals surface area contributed by atoms with Crippen LogP contribution in [0.15, 0.2) is 36.4 Å². The van der Waals surface area contributed by atoms with E-state index in [1.54, 1.807) is 10.4 Å². The first-order valence-corrected chi connectivity index (χ1v) is 8.63. The van der Waals surface area contributed by atoms with E-state index in [0.29, 0.717) is 0 Å². The molecule has 3 rings (SSSR count). The minimum atomic E-state index is 0.000304. The molecule has 21 heavy (non-hydrogen) atoms. The van der Waals surface area contributed by atoms with Crippen molar-refractivity contribution in [3.8, 4) is 0 Å². The van der Waals surface area contributed by atoms with Gasteiger partial charge in [0, 0.05) is 15.8 Å². The van der Waals surface area contributed by atoms with Crippen LogP contribution >= 0.6 is 11.3 Å². The molecule has 0 saturated carbocycles. The van der Waals surface area contributed by atoms with E-state index in [9.17, 15) is 5.11 Å². The van der Waals surface area contributed by atoms with E-state index in [2.05, 4.69) is 30.4 Å². The van der Waals surface area contributed by atoms with Gasteiger partial charge in [-0.3, -0.25) is 0 Å². The maximum absolute atomic E-state index is 9.68. The summed E-state index contributed by atoms with van der Waals surface area (Å²) in [6.07, 6.45) is 5.14. The summed E-state index contributed by atoms with van der Waals surface area (Å²) in [5.41, 5.74) is 2.70. The number of hydrogen-bond donors (Lipinski definition) is 2. The highest BCUT2D eigenvalue weighted by Gasteiger charge is 2.19. The zero-order valence-electron chi connectivity index (χ0n) is 12.5. The molecule has 0 aliphatic heterocycles. The van der Waals surface area contributed by atoms with Crippen LogP contribution in [0.1, 0.15) is 52.7 Å². The molecule has 2 nitrogen and oxygen atoms in total. The quantitative estimate of drug-likeness (QED) is 0.874. The standard InChI is InChI=1S/C18H23NOS/c1-13(18-11-15-9-5-6-10-17(15)21-18)19-16(12-20)14-7-3-2-4-8-14/h2-4,7-8,11,13,16,19-20H,5-6,9-10,12H2,1H3/t13?,16-/m1/s1. The Morgan fingerprint density at radius 3 is 2.67 bits per heavy atom. The highest BCUT2D eigenvalue weighted by molar-refractivity contribution is 7.12. The SMILES string of the molecule is CC(N[C@H](CO)c1ccccc1)c1cc2c(s1)CCCC2. The smallest absolute Gasteiger partial charge is 0.0626 e. The highest BCUT2D eigenvalue weighted by Crippen LogP contribution is 2.33. The summed E-state index contributed by atoms with van der Waals surface area (Å²) >= 11 is 1.95. The number of aryl methyl sites for hydroxylation is 2. The summed E-state index contributed by atoms with van der Waals surface area (Å²) in [6, 6.07) is 12.8. The van der Waals surface area contributed by atoms with E-state index in [0.717, 1.165) is 5.56 Å². The van der Waals surface area contributed by atoms with Crippen molar-refractivity contribution in [3.05, 3.63) is 57.3 Å². The van der Waals surface area contributed by atoms with Gasteiger partial charge in [-0.1, -0.05) is 30.3 Å². The molecule has 0 spiro atoms. The minimum Gasteiger partial charge on any atom is -0.394 e. The average molecular weight is 301 g/mol. The van der Waals surface area contributed by atoms with Crippen LogP contribution in [0.5, 0.6) is 0 Å². The second kappa shape index (κ2) is 6.73. The second-order valence-electron chi connectivity index (χ2n) is 5.84. The number of fused-ring (bicyclic) bond motifs is 1. The lowest BCUT2D eigenvalue weighted by Gasteiger charge is -2.21. The van der Waals surface area contributed by atoms with E-state index < -0.39 is 0 Å². The van der Waals surface area contributed by atoms with Crippen molar-refractivity contribution < 1.29 is 5.11 Å². The molecule has 112 valence electrons. The maximum Gasteiger partial charge on any atom is 0.0626 e. The van der Waals surface area contributed by atoms with Crippen LogP contribution in [-0.2, 0) is 12.8 Å². The van der Waals surface area contributed by atoms with Crippen molar-refractivity contribution in [2.24, 2.45) is 0 Å². The summed E-state index contributed by atoms with van der Waals surface area (Å²) in [5, 5.41) is 13.2. The lowest BCUT2D eigenvalue weighted by Crippen LogP contribution is -2.26. The summed E-state index contributed by atoms with van der Waals surface area (Å²) in [6.45, 7) is 2.32. The molecule has 1 aromatic heterocycles. The molecule has 1 aliphatic carbocycles. The molecule has 0 radical (unpaired) electrons. The zero-order valence-corrected chi connectivity index (χ0v) is 13.3. The molecule has 1 aliphatic rings. The molecular formula is C18H23NOS. The molecule has 0 bridgehead atoms. The number of hydrogen-bond acceptors (Lipinski definition) is 3. The van der Waals surface area contributed by atoms with Gasteiger partial charge in [0.1, 0.15) is 0 Å². The summed E-state index contributed by atoms with van der Waals surface area (Å²) in [7, 11) is 0. The fourth-order valence-electron chi connectivity index (χ4n) is 3.05. The first kappa shape index (κ1) is 14.8. The second-order valence-corrected chi connectivity index (χ2v) is 7.01. The van der Waals surface area contributed by atoms with Gasteiger partial charge in [-0.15, -0.1) is 11.3 Å².